The molecule has 7 heteroatoms. The Labute approximate surface area is 130 Å². The molecule has 1 N–H and O–H groups in total. The molecule has 2 fully saturated rings. The highest BCUT2D eigenvalue weighted by molar-refractivity contribution is 5.87. The van der Waals surface area contributed by atoms with Gasteiger partial charge < -0.3 is 14.9 Å². The first-order valence-electron chi connectivity index (χ1n) is 7.80. The van der Waals surface area contributed by atoms with Gasteiger partial charge in [0.2, 0.25) is 5.91 Å². The molecule has 120 valence electrons. The third-order valence-electron chi connectivity index (χ3n) is 4.96. The zero-order valence-electron chi connectivity index (χ0n) is 13.0. The van der Waals surface area contributed by atoms with E-state index in [9.17, 15) is 4.79 Å². The SMILES string of the molecule is CN1CCN(CCO)C(=O)C12CCN(c1cnccn1)CC2. The van der Waals surface area contributed by atoms with E-state index >= 15 is 0 Å². The van der Waals surface area contributed by atoms with Crippen molar-refractivity contribution in [3.05, 3.63) is 18.6 Å². The Morgan fingerprint density at radius 3 is 2.64 bits per heavy atom. The third kappa shape index (κ3) is 2.55. The van der Waals surface area contributed by atoms with Crippen molar-refractivity contribution in [1.29, 1.82) is 0 Å². The Bertz CT molecular complexity index is 516. The third-order valence-corrected chi connectivity index (χ3v) is 4.96. The maximum atomic E-state index is 12.9. The van der Waals surface area contributed by atoms with Crippen molar-refractivity contribution in [2.75, 3.05) is 51.3 Å². The quantitative estimate of drug-likeness (QED) is 0.818. The first-order chi connectivity index (χ1) is 10.7. The summed E-state index contributed by atoms with van der Waals surface area (Å²) in [4.78, 5) is 27.5. The Kier molecular flexibility index (Phi) is 4.26. The van der Waals surface area contributed by atoms with Gasteiger partial charge in [-0.1, -0.05) is 0 Å². The van der Waals surface area contributed by atoms with Crippen LogP contribution in [-0.2, 0) is 4.79 Å². The molecule has 0 radical (unpaired) electrons. The van der Waals surface area contributed by atoms with E-state index in [0.29, 0.717) is 13.1 Å². The van der Waals surface area contributed by atoms with Gasteiger partial charge in [-0.2, -0.15) is 0 Å². The van der Waals surface area contributed by atoms with Crippen molar-refractivity contribution in [2.45, 2.75) is 18.4 Å². The predicted octanol–water partition coefficient (Wildman–Crippen LogP) is -0.418. The van der Waals surface area contributed by atoms with E-state index in [-0.39, 0.29) is 12.5 Å². The molecule has 1 spiro atoms. The van der Waals surface area contributed by atoms with Gasteiger partial charge in [0.25, 0.3) is 0 Å². The largest absolute Gasteiger partial charge is 0.395 e. The molecule has 2 saturated heterocycles. The Morgan fingerprint density at radius 2 is 2.00 bits per heavy atom. The highest BCUT2D eigenvalue weighted by atomic mass is 16.3. The lowest BCUT2D eigenvalue weighted by molar-refractivity contribution is -0.152. The number of piperidine rings is 1. The lowest BCUT2D eigenvalue weighted by atomic mass is 9.83. The summed E-state index contributed by atoms with van der Waals surface area (Å²) < 4.78 is 0. The highest BCUT2D eigenvalue weighted by Crippen LogP contribution is 2.33. The predicted molar refractivity (Wildman–Crippen MR) is 82.5 cm³/mol. The first kappa shape index (κ1) is 15.2. The molecule has 1 aromatic rings. The van der Waals surface area contributed by atoms with Crippen LogP contribution in [0.1, 0.15) is 12.8 Å². The van der Waals surface area contributed by atoms with Gasteiger partial charge in [0.15, 0.2) is 0 Å². The molecule has 0 unspecified atom stereocenters. The van der Waals surface area contributed by atoms with Gasteiger partial charge in [-0.05, 0) is 19.9 Å². The summed E-state index contributed by atoms with van der Waals surface area (Å²) >= 11 is 0. The number of aliphatic hydroxyl groups is 1. The smallest absolute Gasteiger partial charge is 0.243 e. The summed E-state index contributed by atoms with van der Waals surface area (Å²) in [5.41, 5.74) is -0.424. The zero-order chi connectivity index (χ0) is 15.6. The molecule has 0 bridgehead atoms. The maximum absolute atomic E-state index is 12.9. The summed E-state index contributed by atoms with van der Waals surface area (Å²) in [5.74, 6) is 1.03. The van der Waals surface area contributed by atoms with Crippen LogP contribution in [0, 0.1) is 0 Å². The summed E-state index contributed by atoms with van der Waals surface area (Å²) in [7, 11) is 2.03. The maximum Gasteiger partial charge on any atom is 0.243 e. The van der Waals surface area contributed by atoms with Gasteiger partial charge in [-0.25, -0.2) is 4.98 Å². The van der Waals surface area contributed by atoms with E-state index < -0.39 is 5.54 Å². The summed E-state index contributed by atoms with van der Waals surface area (Å²) in [6.07, 6.45) is 6.69. The number of nitrogens with zero attached hydrogens (tertiary/aromatic N) is 5. The Hall–Kier alpha value is -1.73. The minimum absolute atomic E-state index is 0.0251. The number of aromatic nitrogens is 2. The van der Waals surface area contributed by atoms with Crippen LogP contribution in [-0.4, -0.2) is 82.7 Å². The second kappa shape index (κ2) is 6.18. The Balaban J connectivity index is 1.73. The fourth-order valence-electron chi connectivity index (χ4n) is 3.53. The van der Waals surface area contributed by atoms with Gasteiger partial charge in [0, 0.05) is 45.1 Å². The summed E-state index contributed by atoms with van der Waals surface area (Å²) in [6, 6.07) is 0. The van der Waals surface area contributed by atoms with Crippen LogP contribution >= 0.6 is 0 Å². The molecule has 0 aliphatic carbocycles. The van der Waals surface area contributed by atoms with Crippen LogP contribution in [0.15, 0.2) is 18.6 Å². The van der Waals surface area contributed by atoms with Gasteiger partial charge in [0.05, 0.1) is 12.8 Å². The molecule has 2 aliphatic heterocycles. The van der Waals surface area contributed by atoms with Crippen molar-refractivity contribution in [3.63, 3.8) is 0 Å². The van der Waals surface area contributed by atoms with Crippen LogP contribution in [0.4, 0.5) is 5.82 Å². The number of likely N-dealkylation sites (N-methyl/N-ethyl adjacent to an activating group) is 1. The molecular formula is C15H23N5O2. The number of aliphatic hydroxyl groups excluding tert-OH is 1. The molecule has 0 atom stereocenters. The van der Waals surface area contributed by atoms with E-state index in [0.717, 1.165) is 38.3 Å². The van der Waals surface area contributed by atoms with E-state index in [2.05, 4.69) is 19.8 Å². The molecule has 22 heavy (non-hydrogen) atoms. The van der Waals surface area contributed by atoms with E-state index in [4.69, 9.17) is 5.11 Å². The van der Waals surface area contributed by atoms with E-state index in [1.54, 1.807) is 23.5 Å². The minimum atomic E-state index is -0.424. The lowest BCUT2D eigenvalue weighted by Crippen LogP contribution is -2.68. The fourth-order valence-corrected chi connectivity index (χ4v) is 3.53. The average Bonchev–Trinajstić information content (AvgIpc) is 2.57. The summed E-state index contributed by atoms with van der Waals surface area (Å²) in [5, 5.41) is 9.15. The van der Waals surface area contributed by atoms with Crippen molar-refractivity contribution in [3.8, 4) is 0 Å². The number of piperazine rings is 1. The van der Waals surface area contributed by atoms with Crippen molar-refractivity contribution >= 4 is 11.7 Å². The molecule has 0 aromatic carbocycles. The van der Waals surface area contributed by atoms with E-state index in [1.807, 2.05) is 7.05 Å². The highest BCUT2D eigenvalue weighted by Gasteiger charge is 2.49. The first-order valence-corrected chi connectivity index (χ1v) is 7.80. The molecular weight excluding hydrogens is 282 g/mol. The molecule has 2 aliphatic rings. The molecule has 1 aromatic heterocycles. The lowest BCUT2D eigenvalue weighted by Gasteiger charge is -2.51. The number of hydrogen-bond donors (Lipinski definition) is 1. The summed E-state index contributed by atoms with van der Waals surface area (Å²) in [6.45, 7) is 3.60. The number of β-amino-alcohol motifs (C(OH)–C–C–N with tert-alkyl or cyclic N) is 1. The average molecular weight is 305 g/mol. The number of carbonyl (C=O) groups is 1. The van der Waals surface area contributed by atoms with Crippen LogP contribution in [0.2, 0.25) is 0 Å². The number of rotatable bonds is 3. The number of hydrogen-bond acceptors (Lipinski definition) is 6. The Morgan fingerprint density at radius 1 is 1.23 bits per heavy atom. The van der Waals surface area contributed by atoms with Crippen molar-refractivity contribution in [2.24, 2.45) is 0 Å². The van der Waals surface area contributed by atoms with E-state index in [1.165, 1.54) is 0 Å². The second-order valence-electron chi connectivity index (χ2n) is 6.02. The van der Waals surface area contributed by atoms with Gasteiger partial charge in [0.1, 0.15) is 11.4 Å². The zero-order valence-corrected chi connectivity index (χ0v) is 13.0. The van der Waals surface area contributed by atoms with Crippen LogP contribution in [0.5, 0.6) is 0 Å². The van der Waals surface area contributed by atoms with Crippen molar-refractivity contribution in [1.82, 2.24) is 19.8 Å². The normalized spacial score (nSPS) is 22.4. The van der Waals surface area contributed by atoms with Gasteiger partial charge in [-0.15, -0.1) is 0 Å². The molecule has 0 saturated carbocycles. The molecule has 7 nitrogen and oxygen atoms in total. The molecule has 1 amide bonds. The number of carbonyl (C=O) groups excluding carboxylic acids is 1. The van der Waals surface area contributed by atoms with Gasteiger partial charge >= 0.3 is 0 Å². The number of anilines is 1. The monoisotopic (exact) mass is 305 g/mol. The number of amides is 1. The van der Waals surface area contributed by atoms with Crippen LogP contribution in [0.25, 0.3) is 0 Å². The topological polar surface area (TPSA) is 72.8 Å². The van der Waals surface area contributed by atoms with Crippen LogP contribution in [0.3, 0.4) is 0 Å². The van der Waals surface area contributed by atoms with Crippen LogP contribution < -0.4 is 4.90 Å². The molecule has 3 heterocycles. The minimum Gasteiger partial charge on any atom is -0.395 e. The molecule has 3 rings (SSSR count). The van der Waals surface area contributed by atoms with Crippen molar-refractivity contribution < 1.29 is 9.90 Å². The second-order valence-corrected chi connectivity index (χ2v) is 6.02. The standard InChI is InChI=1S/C15H23N5O2/c1-18-8-9-20(10-11-21)14(22)15(18)2-6-19(7-3-15)13-12-16-4-5-17-13/h4-5,12,21H,2-3,6-11H2,1H3. The fraction of sp³-hybridized carbons (Fsp3) is 0.667. The van der Waals surface area contributed by atoms with Gasteiger partial charge in [-0.3, -0.25) is 14.7 Å².